The summed E-state index contributed by atoms with van der Waals surface area (Å²) in [6.07, 6.45) is 1.97. The Morgan fingerprint density at radius 3 is 2.56 bits per heavy atom. The fourth-order valence-corrected chi connectivity index (χ4v) is 2.16. The van der Waals surface area contributed by atoms with E-state index in [-0.39, 0.29) is 0 Å². The van der Waals surface area contributed by atoms with Gasteiger partial charge in [-0.3, -0.25) is 5.01 Å². The summed E-state index contributed by atoms with van der Waals surface area (Å²) in [5.74, 6) is 0. The van der Waals surface area contributed by atoms with Crippen LogP contribution in [0.2, 0.25) is 0 Å². The van der Waals surface area contributed by atoms with Gasteiger partial charge in [-0.1, -0.05) is 18.2 Å². The highest BCUT2D eigenvalue weighted by Gasteiger charge is 2.10. The summed E-state index contributed by atoms with van der Waals surface area (Å²) < 4.78 is 1.25. The van der Waals surface area contributed by atoms with Crippen molar-refractivity contribution in [2.24, 2.45) is 5.10 Å². The summed E-state index contributed by atoms with van der Waals surface area (Å²) in [7, 11) is 2.15. The molecule has 1 fully saturated rings. The molecule has 3 nitrogen and oxygen atoms in total. The summed E-state index contributed by atoms with van der Waals surface area (Å²) in [6.45, 7) is 4.25. The molecule has 16 heavy (non-hydrogen) atoms. The molecule has 1 aliphatic rings. The first-order chi connectivity index (χ1) is 7.75. The minimum absolute atomic E-state index is 1.02. The molecule has 0 aromatic heterocycles. The summed E-state index contributed by atoms with van der Waals surface area (Å²) in [5.41, 5.74) is 1.20. The second-order valence-electron chi connectivity index (χ2n) is 4.02. The van der Waals surface area contributed by atoms with Crippen molar-refractivity contribution in [3.63, 3.8) is 0 Å². The highest BCUT2D eigenvalue weighted by Crippen LogP contribution is 2.09. The Labute approximate surface area is 110 Å². The molecule has 86 valence electrons. The van der Waals surface area contributed by atoms with Crippen molar-refractivity contribution in [1.82, 2.24) is 9.91 Å². The normalized spacial score (nSPS) is 18.2. The average Bonchev–Trinajstić information content (AvgIpc) is 2.30. The first kappa shape index (κ1) is 11.9. The standard InChI is InChI=1S/C12H16IN3/c1-15-6-8-16(9-7-15)14-10-11-4-2-3-5-12(11)13/h2-5,10H,6-9H2,1H3/b14-10-. The Hall–Kier alpha value is -0.620. The number of hydrazone groups is 1. The van der Waals surface area contributed by atoms with Crippen molar-refractivity contribution in [2.75, 3.05) is 33.2 Å². The molecule has 4 heteroatoms. The predicted molar refractivity (Wildman–Crippen MR) is 75.8 cm³/mol. The number of rotatable bonds is 2. The Morgan fingerprint density at radius 1 is 1.19 bits per heavy atom. The molecule has 1 heterocycles. The molecule has 0 aliphatic carbocycles. The van der Waals surface area contributed by atoms with E-state index in [4.69, 9.17) is 0 Å². The summed E-state index contributed by atoms with van der Waals surface area (Å²) in [4.78, 5) is 2.33. The van der Waals surface area contributed by atoms with Crippen LogP contribution >= 0.6 is 22.6 Å². The van der Waals surface area contributed by atoms with Crippen LogP contribution < -0.4 is 0 Å². The minimum Gasteiger partial charge on any atom is -0.303 e. The van der Waals surface area contributed by atoms with Gasteiger partial charge in [-0.2, -0.15) is 5.10 Å². The molecule has 1 aromatic rings. The highest BCUT2D eigenvalue weighted by atomic mass is 127. The molecular weight excluding hydrogens is 313 g/mol. The van der Waals surface area contributed by atoms with Gasteiger partial charge in [0.1, 0.15) is 0 Å². The Morgan fingerprint density at radius 2 is 1.88 bits per heavy atom. The van der Waals surface area contributed by atoms with Crippen molar-refractivity contribution in [3.05, 3.63) is 33.4 Å². The molecule has 0 atom stereocenters. The van der Waals surface area contributed by atoms with Crippen LogP contribution in [0.3, 0.4) is 0 Å². The van der Waals surface area contributed by atoms with Crippen LogP contribution in [0.4, 0.5) is 0 Å². The van der Waals surface area contributed by atoms with Crippen LogP contribution in [-0.2, 0) is 0 Å². The predicted octanol–water partition coefficient (Wildman–Crippen LogP) is 1.87. The largest absolute Gasteiger partial charge is 0.303 e. The van der Waals surface area contributed by atoms with Crippen molar-refractivity contribution >= 4 is 28.8 Å². The Kier molecular flexibility index (Phi) is 4.17. The molecule has 0 spiro atoms. The van der Waals surface area contributed by atoms with E-state index in [0.717, 1.165) is 26.2 Å². The molecule has 2 rings (SSSR count). The monoisotopic (exact) mass is 329 g/mol. The van der Waals surface area contributed by atoms with Gasteiger partial charge in [-0.05, 0) is 35.7 Å². The fraction of sp³-hybridized carbons (Fsp3) is 0.417. The zero-order valence-corrected chi connectivity index (χ0v) is 11.6. The maximum Gasteiger partial charge on any atom is 0.0553 e. The van der Waals surface area contributed by atoms with E-state index in [9.17, 15) is 0 Å². The highest BCUT2D eigenvalue weighted by molar-refractivity contribution is 14.1. The first-order valence-corrected chi connectivity index (χ1v) is 6.55. The van der Waals surface area contributed by atoms with Crippen LogP contribution in [0.15, 0.2) is 29.4 Å². The zero-order chi connectivity index (χ0) is 11.4. The van der Waals surface area contributed by atoms with E-state index in [1.165, 1.54) is 9.13 Å². The maximum absolute atomic E-state index is 4.53. The second-order valence-corrected chi connectivity index (χ2v) is 5.19. The molecular formula is C12H16IN3. The van der Waals surface area contributed by atoms with Crippen molar-refractivity contribution in [2.45, 2.75) is 0 Å². The SMILES string of the molecule is CN1CCN(/N=C\c2ccccc2I)CC1. The van der Waals surface area contributed by atoms with E-state index in [2.05, 4.69) is 62.8 Å². The molecule has 0 radical (unpaired) electrons. The smallest absolute Gasteiger partial charge is 0.0553 e. The quantitative estimate of drug-likeness (QED) is 0.609. The molecule has 0 amide bonds. The third kappa shape index (κ3) is 3.18. The maximum atomic E-state index is 4.53. The van der Waals surface area contributed by atoms with Gasteiger partial charge in [0.2, 0.25) is 0 Å². The molecule has 1 saturated heterocycles. The van der Waals surface area contributed by atoms with E-state index in [0.29, 0.717) is 0 Å². The van der Waals surface area contributed by atoms with Gasteiger partial charge in [0, 0.05) is 35.3 Å². The van der Waals surface area contributed by atoms with Gasteiger partial charge >= 0.3 is 0 Å². The average molecular weight is 329 g/mol. The van der Waals surface area contributed by atoms with E-state index < -0.39 is 0 Å². The van der Waals surface area contributed by atoms with Gasteiger partial charge in [-0.25, -0.2) is 0 Å². The fourth-order valence-electron chi connectivity index (χ4n) is 1.64. The number of halogens is 1. The van der Waals surface area contributed by atoms with Crippen molar-refractivity contribution in [1.29, 1.82) is 0 Å². The lowest BCUT2D eigenvalue weighted by molar-refractivity contribution is 0.159. The van der Waals surface area contributed by atoms with Gasteiger partial charge in [0.15, 0.2) is 0 Å². The topological polar surface area (TPSA) is 18.8 Å². The Bertz CT molecular complexity index is 370. The molecule has 0 unspecified atom stereocenters. The van der Waals surface area contributed by atoms with Crippen molar-refractivity contribution < 1.29 is 0 Å². The number of benzene rings is 1. The lowest BCUT2D eigenvalue weighted by Crippen LogP contribution is -2.41. The Balaban J connectivity index is 1.97. The minimum atomic E-state index is 1.02. The van der Waals surface area contributed by atoms with Gasteiger partial charge < -0.3 is 4.90 Å². The van der Waals surface area contributed by atoms with Crippen LogP contribution in [0.25, 0.3) is 0 Å². The summed E-state index contributed by atoms with van der Waals surface area (Å²) in [6, 6.07) is 8.30. The summed E-state index contributed by atoms with van der Waals surface area (Å²) in [5, 5.41) is 6.67. The van der Waals surface area contributed by atoms with Crippen LogP contribution in [0.5, 0.6) is 0 Å². The lowest BCUT2D eigenvalue weighted by Gasteiger charge is -2.30. The number of nitrogens with zero attached hydrogens (tertiary/aromatic N) is 3. The lowest BCUT2D eigenvalue weighted by atomic mass is 10.2. The number of piperazine rings is 1. The molecule has 0 N–H and O–H groups in total. The van der Waals surface area contributed by atoms with E-state index in [1.807, 2.05) is 12.3 Å². The summed E-state index contributed by atoms with van der Waals surface area (Å²) >= 11 is 2.34. The third-order valence-corrected chi connectivity index (χ3v) is 3.73. The van der Waals surface area contributed by atoms with E-state index >= 15 is 0 Å². The number of likely N-dealkylation sites (N-methyl/N-ethyl adjacent to an activating group) is 1. The van der Waals surface area contributed by atoms with Crippen LogP contribution in [0, 0.1) is 3.57 Å². The second kappa shape index (κ2) is 5.63. The molecule has 0 bridgehead atoms. The van der Waals surface area contributed by atoms with Gasteiger partial charge in [-0.15, -0.1) is 0 Å². The van der Waals surface area contributed by atoms with Gasteiger partial charge in [0.05, 0.1) is 6.21 Å². The molecule has 1 aliphatic heterocycles. The number of hydrogen-bond acceptors (Lipinski definition) is 3. The van der Waals surface area contributed by atoms with Crippen LogP contribution in [0.1, 0.15) is 5.56 Å². The first-order valence-electron chi connectivity index (χ1n) is 5.48. The van der Waals surface area contributed by atoms with Crippen LogP contribution in [-0.4, -0.2) is 49.4 Å². The molecule has 0 saturated carbocycles. The number of hydrogen-bond donors (Lipinski definition) is 0. The molecule has 1 aromatic carbocycles. The third-order valence-electron chi connectivity index (χ3n) is 2.75. The van der Waals surface area contributed by atoms with E-state index in [1.54, 1.807) is 0 Å². The van der Waals surface area contributed by atoms with Crippen molar-refractivity contribution in [3.8, 4) is 0 Å². The zero-order valence-electron chi connectivity index (χ0n) is 9.43. The van der Waals surface area contributed by atoms with Gasteiger partial charge in [0.25, 0.3) is 0 Å².